The zero-order chi connectivity index (χ0) is 19.1. The van der Waals surface area contributed by atoms with Gasteiger partial charge in [0, 0.05) is 23.9 Å². The van der Waals surface area contributed by atoms with Crippen molar-refractivity contribution in [1.82, 2.24) is 5.32 Å². The fourth-order valence-electron chi connectivity index (χ4n) is 2.71. The van der Waals surface area contributed by atoms with Gasteiger partial charge in [-0.2, -0.15) is 0 Å². The third kappa shape index (κ3) is 5.52. The highest BCUT2D eigenvalue weighted by molar-refractivity contribution is 6.10. The number of amides is 1. The number of nitrogens with one attached hydrogen (secondary N) is 2. The van der Waals surface area contributed by atoms with Crippen molar-refractivity contribution in [3.05, 3.63) is 59.9 Å². The first kappa shape index (κ1) is 18.8. The molecule has 1 fully saturated rings. The zero-order valence-corrected chi connectivity index (χ0v) is 15.1. The highest BCUT2D eigenvalue weighted by Gasteiger charge is 2.16. The standard InChI is InChI=1S/C20H22FN3O3/c1-26-17-5-2-4-16(12-17)23-20(22-13-18-6-3-11-27-18)24-19(25)14-7-9-15(21)10-8-14/h2,4-5,7-10,12,18H,3,6,11,13H2,1H3,(H2,22,23,24,25)/t18-/m1/s1. The number of halogens is 1. The number of anilines is 1. The normalized spacial score (nSPS) is 16.8. The van der Waals surface area contributed by atoms with Crippen molar-refractivity contribution in [2.45, 2.75) is 18.9 Å². The molecule has 0 radical (unpaired) electrons. The van der Waals surface area contributed by atoms with Crippen LogP contribution in [0.25, 0.3) is 0 Å². The van der Waals surface area contributed by atoms with Crippen LogP contribution in [0.3, 0.4) is 0 Å². The minimum atomic E-state index is -0.395. The Morgan fingerprint density at radius 3 is 2.81 bits per heavy atom. The fraction of sp³-hybridized carbons (Fsp3) is 0.300. The molecule has 0 saturated carbocycles. The van der Waals surface area contributed by atoms with Crippen LogP contribution in [0.1, 0.15) is 23.2 Å². The van der Waals surface area contributed by atoms with Crippen LogP contribution in [0.15, 0.2) is 53.5 Å². The number of nitrogens with zero attached hydrogens (tertiary/aromatic N) is 1. The van der Waals surface area contributed by atoms with Crippen LogP contribution in [0, 0.1) is 5.82 Å². The van der Waals surface area contributed by atoms with E-state index >= 15 is 0 Å². The van der Waals surface area contributed by atoms with Gasteiger partial charge in [0.1, 0.15) is 11.6 Å². The van der Waals surface area contributed by atoms with Crippen LogP contribution in [0.2, 0.25) is 0 Å². The Balaban J connectivity index is 1.74. The maximum absolute atomic E-state index is 13.1. The number of carbonyl (C=O) groups is 1. The Hall–Kier alpha value is -2.93. The second-order valence-electron chi connectivity index (χ2n) is 6.14. The Morgan fingerprint density at radius 2 is 2.11 bits per heavy atom. The average molecular weight is 371 g/mol. The van der Waals surface area contributed by atoms with Crippen LogP contribution in [-0.4, -0.2) is 38.2 Å². The van der Waals surface area contributed by atoms with Gasteiger partial charge in [0.05, 0.1) is 19.8 Å². The number of methoxy groups -OCH3 is 1. The topological polar surface area (TPSA) is 71.9 Å². The zero-order valence-electron chi connectivity index (χ0n) is 15.1. The van der Waals surface area contributed by atoms with Gasteiger partial charge in [0.15, 0.2) is 0 Å². The Morgan fingerprint density at radius 1 is 1.30 bits per heavy atom. The summed E-state index contributed by atoms with van der Waals surface area (Å²) in [5, 5.41) is 5.84. The second kappa shape index (κ2) is 9.14. The number of hydrogen-bond donors (Lipinski definition) is 2. The van der Waals surface area contributed by atoms with Crippen molar-refractivity contribution in [2.24, 2.45) is 4.99 Å². The fourth-order valence-corrected chi connectivity index (χ4v) is 2.71. The molecule has 3 rings (SSSR count). The summed E-state index contributed by atoms with van der Waals surface area (Å²) in [4.78, 5) is 16.9. The van der Waals surface area contributed by atoms with Gasteiger partial charge in [0.2, 0.25) is 5.96 Å². The molecule has 0 aliphatic carbocycles. The summed E-state index contributed by atoms with van der Waals surface area (Å²) in [6.07, 6.45) is 2.01. The predicted octanol–water partition coefficient (Wildman–Crippen LogP) is 3.21. The lowest BCUT2D eigenvalue weighted by atomic mass is 10.2. The monoisotopic (exact) mass is 371 g/mol. The summed E-state index contributed by atoms with van der Waals surface area (Å²) in [6.45, 7) is 1.18. The number of guanidine groups is 1. The van der Waals surface area contributed by atoms with E-state index in [0.717, 1.165) is 25.1 Å². The molecule has 1 atom stereocenters. The van der Waals surface area contributed by atoms with Crippen molar-refractivity contribution in [3.8, 4) is 5.75 Å². The minimum Gasteiger partial charge on any atom is -0.497 e. The van der Waals surface area contributed by atoms with Crippen LogP contribution in [0.5, 0.6) is 5.75 Å². The Kier molecular flexibility index (Phi) is 6.38. The first-order valence-electron chi connectivity index (χ1n) is 8.78. The molecule has 1 aliphatic rings. The number of hydrogen-bond acceptors (Lipinski definition) is 4. The third-order valence-corrected chi connectivity index (χ3v) is 4.15. The summed E-state index contributed by atoms with van der Waals surface area (Å²) in [5.74, 6) is 0.209. The van der Waals surface area contributed by atoms with Gasteiger partial charge in [-0.25, -0.2) is 9.38 Å². The molecule has 1 aliphatic heterocycles. The number of benzene rings is 2. The lowest BCUT2D eigenvalue weighted by Gasteiger charge is -2.14. The lowest BCUT2D eigenvalue weighted by molar-refractivity contribution is 0.0975. The van der Waals surface area contributed by atoms with E-state index in [1.54, 1.807) is 13.2 Å². The molecule has 2 aromatic rings. The summed E-state index contributed by atoms with van der Waals surface area (Å²) < 4.78 is 23.9. The van der Waals surface area contributed by atoms with Crippen molar-refractivity contribution in [2.75, 3.05) is 25.6 Å². The minimum absolute atomic E-state index is 0.0508. The molecule has 0 aromatic heterocycles. The largest absolute Gasteiger partial charge is 0.497 e. The van der Waals surface area contributed by atoms with Crippen LogP contribution in [0.4, 0.5) is 10.1 Å². The van der Waals surface area contributed by atoms with Crippen LogP contribution < -0.4 is 15.4 Å². The SMILES string of the molecule is COc1cccc(NC(=NC[C@H]2CCCO2)NC(=O)c2ccc(F)cc2)c1. The third-order valence-electron chi connectivity index (χ3n) is 4.15. The number of ether oxygens (including phenoxy) is 2. The molecule has 1 heterocycles. The Bertz CT molecular complexity index is 802. The molecule has 6 nitrogen and oxygen atoms in total. The average Bonchev–Trinajstić information content (AvgIpc) is 3.20. The van der Waals surface area contributed by atoms with Gasteiger partial charge >= 0.3 is 0 Å². The van der Waals surface area contributed by atoms with E-state index in [-0.39, 0.29) is 12.0 Å². The van der Waals surface area contributed by atoms with E-state index in [9.17, 15) is 9.18 Å². The van der Waals surface area contributed by atoms with Crippen molar-refractivity contribution in [3.63, 3.8) is 0 Å². The lowest BCUT2D eigenvalue weighted by Crippen LogP contribution is -2.36. The second-order valence-corrected chi connectivity index (χ2v) is 6.14. The molecule has 2 N–H and O–H groups in total. The highest BCUT2D eigenvalue weighted by Crippen LogP contribution is 2.17. The number of aliphatic imine (C=N–C) groups is 1. The van der Waals surface area contributed by atoms with Gasteiger partial charge < -0.3 is 14.8 Å². The van der Waals surface area contributed by atoms with Crippen molar-refractivity contribution >= 4 is 17.6 Å². The molecule has 1 amide bonds. The van der Waals surface area contributed by atoms with Gasteiger partial charge in [-0.05, 0) is 49.2 Å². The molecule has 2 aromatic carbocycles. The summed E-state index contributed by atoms with van der Waals surface area (Å²) in [6, 6.07) is 12.6. The first-order valence-corrected chi connectivity index (χ1v) is 8.78. The molecule has 142 valence electrons. The van der Waals surface area contributed by atoms with Crippen LogP contribution in [-0.2, 0) is 4.74 Å². The predicted molar refractivity (Wildman–Crippen MR) is 102 cm³/mol. The maximum Gasteiger partial charge on any atom is 0.257 e. The van der Waals surface area contributed by atoms with E-state index < -0.39 is 5.82 Å². The van der Waals surface area contributed by atoms with E-state index in [1.807, 2.05) is 18.2 Å². The summed E-state index contributed by atoms with van der Waals surface area (Å²) in [7, 11) is 1.59. The quantitative estimate of drug-likeness (QED) is 0.625. The molecule has 0 unspecified atom stereocenters. The molecular weight excluding hydrogens is 349 g/mol. The molecule has 1 saturated heterocycles. The maximum atomic E-state index is 13.1. The first-order chi connectivity index (χ1) is 13.1. The highest BCUT2D eigenvalue weighted by atomic mass is 19.1. The van der Waals surface area contributed by atoms with E-state index in [4.69, 9.17) is 9.47 Å². The summed E-state index contributed by atoms with van der Waals surface area (Å²) >= 11 is 0. The van der Waals surface area contributed by atoms with Gasteiger partial charge in [-0.3, -0.25) is 10.1 Å². The smallest absolute Gasteiger partial charge is 0.257 e. The van der Waals surface area contributed by atoms with E-state index in [2.05, 4.69) is 15.6 Å². The molecular formula is C20H22FN3O3. The Labute approximate surface area is 157 Å². The molecule has 7 heteroatoms. The van der Waals surface area contributed by atoms with Crippen molar-refractivity contribution in [1.29, 1.82) is 0 Å². The molecule has 0 bridgehead atoms. The van der Waals surface area contributed by atoms with Gasteiger partial charge in [-0.15, -0.1) is 0 Å². The summed E-state index contributed by atoms with van der Waals surface area (Å²) in [5.41, 5.74) is 1.06. The van der Waals surface area contributed by atoms with E-state index in [0.29, 0.717) is 23.8 Å². The van der Waals surface area contributed by atoms with Gasteiger partial charge in [0.25, 0.3) is 5.91 Å². The number of rotatable bonds is 5. The van der Waals surface area contributed by atoms with Gasteiger partial charge in [-0.1, -0.05) is 6.07 Å². The van der Waals surface area contributed by atoms with Crippen LogP contribution >= 0.6 is 0 Å². The molecule has 27 heavy (non-hydrogen) atoms. The van der Waals surface area contributed by atoms with Crippen molar-refractivity contribution < 1.29 is 18.7 Å². The number of carbonyl (C=O) groups excluding carboxylic acids is 1. The molecule has 0 spiro atoms. The van der Waals surface area contributed by atoms with E-state index in [1.165, 1.54) is 24.3 Å².